The molecule has 1 atom stereocenters. The second kappa shape index (κ2) is 6.51. The maximum absolute atomic E-state index is 10.9. The lowest BCUT2D eigenvalue weighted by Gasteiger charge is -2.13. The van der Waals surface area contributed by atoms with Crippen LogP contribution in [0.2, 0.25) is 0 Å². The summed E-state index contributed by atoms with van der Waals surface area (Å²) >= 11 is 0. The quantitative estimate of drug-likeness (QED) is 0.487. The number of nitrogens with zero attached hydrogens (tertiary/aromatic N) is 2. The van der Waals surface area contributed by atoms with Crippen molar-refractivity contribution in [1.82, 2.24) is 0 Å². The third kappa shape index (κ3) is 4.46. The SMILES string of the molecule is [CH2]CC(CC=NN(C)c1ccccc1)S(=O)(=O)O. The van der Waals surface area contributed by atoms with Gasteiger partial charge in [0.25, 0.3) is 10.1 Å². The van der Waals surface area contributed by atoms with Crippen molar-refractivity contribution in [2.45, 2.75) is 18.1 Å². The molecule has 0 aliphatic rings. The molecule has 0 amide bonds. The van der Waals surface area contributed by atoms with E-state index in [1.165, 1.54) is 6.21 Å². The van der Waals surface area contributed by atoms with Crippen molar-refractivity contribution in [1.29, 1.82) is 0 Å². The Morgan fingerprint density at radius 2 is 2.06 bits per heavy atom. The van der Waals surface area contributed by atoms with Gasteiger partial charge in [-0.1, -0.05) is 25.1 Å². The van der Waals surface area contributed by atoms with E-state index in [4.69, 9.17) is 4.55 Å². The molecule has 1 aromatic carbocycles. The monoisotopic (exact) mass is 269 g/mol. The molecular weight excluding hydrogens is 252 g/mol. The van der Waals surface area contributed by atoms with E-state index in [1.807, 2.05) is 30.3 Å². The second-order valence-corrected chi connectivity index (χ2v) is 5.52. The van der Waals surface area contributed by atoms with Gasteiger partial charge in [0.15, 0.2) is 0 Å². The molecule has 1 unspecified atom stereocenters. The molecule has 0 bridgehead atoms. The summed E-state index contributed by atoms with van der Waals surface area (Å²) in [6, 6.07) is 9.45. The van der Waals surface area contributed by atoms with Crippen molar-refractivity contribution in [3.05, 3.63) is 37.3 Å². The Bertz CT molecular complexity index is 485. The molecule has 0 aliphatic heterocycles. The van der Waals surface area contributed by atoms with Crippen molar-refractivity contribution in [2.75, 3.05) is 12.1 Å². The highest BCUT2D eigenvalue weighted by Gasteiger charge is 2.19. The van der Waals surface area contributed by atoms with Gasteiger partial charge in [0.05, 0.1) is 10.9 Å². The normalized spacial score (nSPS) is 13.7. The molecule has 0 aliphatic carbocycles. The Morgan fingerprint density at radius 1 is 1.44 bits per heavy atom. The molecule has 0 fully saturated rings. The zero-order valence-corrected chi connectivity index (χ0v) is 11.0. The summed E-state index contributed by atoms with van der Waals surface area (Å²) in [6.45, 7) is 3.49. The smallest absolute Gasteiger partial charge is 0.268 e. The molecule has 18 heavy (non-hydrogen) atoms. The number of hydrogen-bond donors (Lipinski definition) is 1. The Kier molecular flexibility index (Phi) is 5.30. The number of benzene rings is 1. The molecule has 1 aromatic rings. The minimum atomic E-state index is -4.05. The summed E-state index contributed by atoms with van der Waals surface area (Å²) in [4.78, 5) is 0. The first-order valence-corrected chi connectivity index (χ1v) is 7.02. The van der Waals surface area contributed by atoms with Crippen molar-refractivity contribution >= 4 is 22.0 Å². The molecule has 0 saturated heterocycles. The Balaban J connectivity index is 2.60. The van der Waals surface area contributed by atoms with Crippen LogP contribution in [-0.2, 0) is 10.1 Å². The number of anilines is 1. The van der Waals surface area contributed by atoms with Crippen LogP contribution < -0.4 is 5.01 Å². The summed E-state index contributed by atoms with van der Waals surface area (Å²) in [5, 5.41) is 4.83. The summed E-state index contributed by atoms with van der Waals surface area (Å²) in [7, 11) is -2.29. The highest BCUT2D eigenvalue weighted by atomic mass is 32.2. The highest BCUT2D eigenvalue weighted by Crippen LogP contribution is 2.11. The number of para-hydroxylation sites is 1. The largest absolute Gasteiger partial charge is 0.285 e. The van der Waals surface area contributed by atoms with E-state index in [2.05, 4.69) is 12.0 Å². The lowest BCUT2D eigenvalue weighted by Crippen LogP contribution is -2.20. The molecule has 5 nitrogen and oxygen atoms in total. The van der Waals surface area contributed by atoms with Crippen LogP contribution in [-0.4, -0.2) is 31.5 Å². The van der Waals surface area contributed by atoms with E-state index in [1.54, 1.807) is 12.1 Å². The van der Waals surface area contributed by atoms with Crippen LogP contribution in [0.4, 0.5) is 5.69 Å². The standard InChI is InChI=1S/C12H17N2O3S/c1-3-12(18(15,16)17)9-10-13-14(2)11-7-5-4-6-8-11/h4-8,10,12H,1,3,9H2,2H3,(H,15,16,17). The molecule has 1 N–H and O–H groups in total. The van der Waals surface area contributed by atoms with Gasteiger partial charge in [0.1, 0.15) is 0 Å². The Labute approximate surface area is 108 Å². The highest BCUT2D eigenvalue weighted by molar-refractivity contribution is 7.86. The molecule has 0 spiro atoms. The van der Waals surface area contributed by atoms with Gasteiger partial charge in [-0.25, -0.2) is 0 Å². The van der Waals surface area contributed by atoms with Crippen molar-refractivity contribution in [2.24, 2.45) is 5.10 Å². The number of rotatable bonds is 6. The van der Waals surface area contributed by atoms with Gasteiger partial charge in [-0.15, -0.1) is 0 Å². The van der Waals surface area contributed by atoms with E-state index < -0.39 is 15.4 Å². The Morgan fingerprint density at radius 3 is 2.56 bits per heavy atom. The van der Waals surface area contributed by atoms with E-state index >= 15 is 0 Å². The van der Waals surface area contributed by atoms with Crippen LogP contribution in [0.15, 0.2) is 35.4 Å². The van der Waals surface area contributed by atoms with Crippen LogP contribution in [0.1, 0.15) is 12.8 Å². The fraction of sp³-hybridized carbons (Fsp3) is 0.333. The summed E-state index contributed by atoms with van der Waals surface area (Å²) in [5.41, 5.74) is 0.895. The predicted octanol–water partition coefficient (Wildman–Crippen LogP) is 1.98. The number of hydrogen-bond acceptors (Lipinski definition) is 4. The van der Waals surface area contributed by atoms with Crippen molar-refractivity contribution in [3.63, 3.8) is 0 Å². The van der Waals surface area contributed by atoms with Crippen LogP contribution in [0.3, 0.4) is 0 Å². The number of hydrazone groups is 1. The first kappa shape index (κ1) is 14.7. The first-order chi connectivity index (χ1) is 8.45. The molecule has 1 radical (unpaired) electrons. The molecule has 6 heteroatoms. The van der Waals surface area contributed by atoms with E-state index in [9.17, 15) is 8.42 Å². The fourth-order valence-electron chi connectivity index (χ4n) is 1.39. The zero-order chi connectivity index (χ0) is 13.6. The van der Waals surface area contributed by atoms with Crippen LogP contribution in [0.5, 0.6) is 0 Å². The average Bonchev–Trinajstić information content (AvgIpc) is 2.34. The maximum Gasteiger partial charge on any atom is 0.268 e. The second-order valence-electron chi connectivity index (χ2n) is 3.82. The van der Waals surface area contributed by atoms with E-state index in [0.717, 1.165) is 5.69 Å². The fourth-order valence-corrected chi connectivity index (χ4v) is 2.01. The molecule has 99 valence electrons. The molecule has 0 heterocycles. The van der Waals surface area contributed by atoms with Gasteiger partial charge < -0.3 is 0 Å². The maximum atomic E-state index is 10.9. The van der Waals surface area contributed by atoms with E-state index in [-0.39, 0.29) is 12.8 Å². The minimum absolute atomic E-state index is 0.111. The third-order valence-electron chi connectivity index (χ3n) is 2.50. The lowest BCUT2D eigenvalue weighted by atomic mass is 10.2. The average molecular weight is 269 g/mol. The van der Waals surface area contributed by atoms with Crippen molar-refractivity contribution < 1.29 is 13.0 Å². The summed E-state index contributed by atoms with van der Waals surface area (Å²) in [5.74, 6) is 0. The summed E-state index contributed by atoms with van der Waals surface area (Å²) in [6.07, 6.45) is 1.72. The lowest BCUT2D eigenvalue weighted by molar-refractivity contribution is 0.468. The molecular formula is C12H17N2O3S. The molecule has 0 aromatic heterocycles. The van der Waals surface area contributed by atoms with Gasteiger partial charge >= 0.3 is 0 Å². The molecule has 0 saturated carbocycles. The van der Waals surface area contributed by atoms with Gasteiger partial charge in [-0.3, -0.25) is 9.56 Å². The van der Waals surface area contributed by atoms with Gasteiger partial charge in [0.2, 0.25) is 0 Å². The summed E-state index contributed by atoms with van der Waals surface area (Å²) < 4.78 is 30.8. The Hall–Kier alpha value is -1.40. The van der Waals surface area contributed by atoms with Gasteiger partial charge in [-0.05, 0) is 18.6 Å². The first-order valence-electron chi connectivity index (χ1n) is 5.52. The van der Waals surface area contributed by atoms with Crippen LogP contribution in [0, 0.1) is 6.92 Å². The predicted molar refractivity (Wildman–Crippen MR) is 73.3 cm³/mol. The minimum Gasteiger partial charge on any atom is -0.285 e. The topological polar surface area (TPSA) is 70.0 Å². The van der Waals surface area contributed by atoms with Crippen molar-refractivity contribution in [3.8, 4) is 0 Å². The zero-order valence-electron chi connectivity index (χ0n) is 10.2. The third-order valence-corrected chi connectivity index (χ3v) is 3.77. The molecule has 1 rings (SSSR count). The van der Waals surface area contributed by atoms with Crippen LogP contribution in [0.25, 0.3) is 0 Å². The van der Waals surface area contributed by atoms with Gasteiger partial charge in [-0.2, -0.15) is 13.5 Å². The van der Waals surface area contributed by atoms with Gasteiger partial charge in [0, 0.05) is 19.7 Å². The van der Waals surface area contributed by atoms with E-state index in [0.29, 0.717) is 0 Å². The van der Waals surface area contributed by atoms with Crippen LogP contribution >= 0.6 is 0 Å².